The lowest BCUT2D eigenvalue weighted by Crippen LogP contribution is -2.51. The zero-order chi connectivity index (χ0) is 13.7. The molecule has 4 unspecified atom stereocenters. The number of epoxide rings is 1. The zero-order valence-electron chi connectivity index (χ0n) is 11.3. The number of aliphatic imine (C=N–C) groups is 1. The van der Waals surface area contributed by atoms with Crippen molar-refractivity contribution in [3.8, 4) is 0 Å². The number of hydrogen-bond acceptors (Lipinski definition) is 4. The van der Waals surface area contributed by atoms with Crippen LogP contribution in [-0.2, 0) is 11.8 Å². The number of aromatic nitrogens is 3. The maximum absolute atomic E-state index is 12.3. The van der Waals surface area contributed by atoms with Gasteiger partial charge in [-0.05, 0) is 0 Å². The Morgan fingerprint density at radius 3 is 2.37 bits per heavy atom. The molecular formula is C12H16N4O3. The van der Waals surface area contributed by atoms with Crippen LogP contribution in [0.3, 0.4) is 0 Å². The van der Waals surface area contributed by atoms with E-state index in [0.29, 0.717) is 0 Å². The Bertz CT molecular complexity index is 730. The SMILES string of the molecule is Cn1c(=O)n2n(c1=O)C1C(C(C)(C)C)=NC2C2OC21. The average molecular weight is 264 g/mol. The standard InChI is InChI=1S/C12H16N4O3/c1-12(2,3)8-5-6-7(19-6)9(13-8)16-11(18)14(4)10(17)15(5)16/h5-7,9H,1-4H3. The van der Waals surface area contributed by atoms with Gasteiger partial charge in [0.15, 0.2) is 6.17 Å². The van der Waals surface area contributed by atoms with E-state index in [9.17, 15) is 9.59 Å². The monoisotopic (exact) mass is 264 g/mol. The fraction of sp³-hybridized carbons (Fsp3) is 0.750. The third-order valence-corrected chi connectivity index (χ3v) is 4.20. The van der Waals surface area contributed by atoms with Crippen LogP contribution in [0, 0.1) is 5.41 Å². The lowest BCUT2D eigenvalue weighted by atomic mass is 9.81. The largest absolute Gasteiger partial charge is 0.362 e. The second-order valence-electron chi connectivity index (χ2n) is 6.50. The molecule has 0 saturated carbocycles. The van der Waals surface area contributed by atoms with Gasteiger partial charge >= 0.3 is 11.4 Å². The molecule has 2 bridgehead atoms. The summed E-state index contributed by atoms with van der Waals surface area (Å²) in [6.07, 6.45) is -0.433. The lowest BCUT2D eigenvalue weighted by Gasteiger charge is -2.38. The predicted molar refractivity (Wildman–Crippen MR) is 67.6 cm³/mol. The van der Waals surface area contributed by atoms with Gasteiger partial charge in [0.2, 0.25) is 0 Å². The van der Waals surface area contributed by atoms with Gasteiger partial charge in [-0.1, -0.05) is 20.8 Å². The Morgan fingerprint density at radius 2 is 1.74 bits per heavy atom. The van der Waals surface area contributed by atoms with E-state index < -0.39 is 0 Å². The molecule has 0 aromatic carbocycles. The van der Waals surface area contributed by atoms with Crippen LogP contribution in [0.15, 0.2) is 14.6 Å². The summed E-state index contributed by atoms with van der Waals surface area (Å²) in [5, 5.41) is 0. The normalized spacial score (nSPS) is 34.8. The van der Waals surface area contributed by atoms with Gasteiger partial charge in [0.25, 0.3) is 0 Å². The summed E-state index contributed by atoms with van der Waals surface area (Å²) in [6, 6.07) is -0.239. The number of nitrogens with zero attached hydrogens (tertiary/aromatic N) is 4. The van der Waals surface area contributed by atoms with Crippen molar-refractivity contribution in [2.24, 2.45) is 17.5 Å². The molecule has 4 aliphatic rings. The molecule has 0 amide bonds. The maximum atomic E-state index is 12.3. The van der Waals surface area contributed by atoms with Gasteiger partial charge in [-0.3, -0.25) is 4.99 Å². The number of rotatable bonds is 0. The van der Waals surface area contributed by atoms with Crippen LogP contribution in [0.4, 0.5) is 0 Å². The van der Waals surface area contributed by atoms with Gasteiger partial charge in [-0.25, -0.2) is 23.5 Å². The molecule has 0 N–H and O–H groups in total. The fourth-order valence-corrected chi connectivity index (χ4v) is 3.23. The summed E-state index contributed by atoms with van der Waals surface area (Å²) < 4.78 is 9.77. The fourth-order valence-electron chi connectivity index (χ4n) is 3.23. The Hall–Kier alpha value is -1.63. The van der Waals surface area contributed by atoms with Crippen LogP contribution < -0.4 is 11.4 Å². The third kappa shape index (κ3) is 1.14. The quantitative estimate of drug-likeness (QED) is 0.602. The molecule has 1 aromatic rings. The molecule has 102 valence electrons. The van der Waals surface area contributed by atoms with Gasteiger partial charge in [0, 0.05) is 18.2 Å². The molecule has 1 aromatic heterocycles. The van der Waals surface area contributed by atoms with Crippen LogP contribution in [0.5, 0.6) is 0 Å². The molecule has 0 spiro atoms. The second kappa shape index (κ2) is 2.92. The molecule has 4 atom stereocenters. The number of ether oxygens (including phenoxy) is 1. The predicted octanol–water partition coefficient (Wildman–Crippen LogP) is -0.330. The Morgan fingerprint density at radius 1 is 1.11 bits per heavy atom. The molecule has 19 heavy (non-hydrogen) atoms. The summed E-state index contributed by atoms with van der Waals surface area (Å²) in [5.74, 6) is 0. The van der Waals surface area contributed by atoms with E-state index in [0.717, 1.165) is 10.3 Å². The highest BCUT2D eigenvalue weighted by Gasteiger charge is 2.63. The van der Waals surface area contributed by atoms with Gasteiger partial charge in [0.05, 0.1) is 0 Å². The third-order valence-electron chi connectivity index (χ3n) is 4.20. The van der Waals surface area contributed by atoms with Crippen LogP contribution in [-0.4, -0.2) is 31.9 Å². The highest BCUT2D eigenvalue weighted by atomic mass is 16.6. The van der Waals surface area contributed by atoms with Crippen LogP contribution in [0.2, 0.25) is 0 Å². The molecule has 1 saturated heterocycles. The minimum atomic E-state index is -0.384. The van der Waals surface area contributed by atoms with Crippen molar-refractivity contribution in [1.82, 2.24) is 13.9 Å². The van der Waals surface area contributed by atoms with Crippen molar-refractivity contribution < 1.29 is 4.74 Å². The summed E-state index contributed by atoms with van der Waals surface area (Å²) in [5.41, 5.74) is 0.205. The lowest BCUT2D eigenvalue weighted by molar-refractivity contribution is 0.260. The Labute approximate surface area is 109 Å². The van der Waals surface area contributed by atoms with Crippen LogP contribution >= 0.6 is 0 Å². The zero-order valence-corrected chi connectivity index (χ0v) is 11.3. The van der Waals surface area contributed by atoms with Gasteiger partial charge in [-0.2, -0.15) is 0 Å². The first-order chi connectivity index (χ1) is 8.82. The molecule has 7 heteroatoms. The highest BCUT2D eigenvalue weighted by molar-refractivity contribution is 5.94. The van der Waals surface area contributed by atoms with E-state index in [-0.39, 0.29) is 41.2 Å². The minimum absolute atomic E-state index is 0.00350. The average Bonchev–Trinajstić information content (AvgIpc) is 3.11. The summed E-state index contributed by atoms with van der Waals surface area (Å²) in [6.45, 7) is 6.21. The minimum Gasteiger partial charge on any atom is -0.362 e. The molecule has 4 aliphatic heterocycles. The maximum Gasteiger partial charge on any atom is 0.349 e. The van der Waals surface area contributed by atoms with E-state index in [1.807, 2.05) is 0 Å². The van der Waals surface area contributed by atoms with Crippen molar-refractivity contribution >= 4 is 5.71 Å². The van der Waals surface area contributed by atoms with E-state index in [1.54, 1.807) is 0 Å². The topological polar surface area (TPSA) is 73.8 Å². The van der Waals surface area contributed by atoms with Crippen LogP contribution in [0.25, 0.3) is 0 Å². The van der Waals surface area contributed by atoms with E-state index in [2.05, 4.69) is 25.8 Å². The van der Waals surface area contributed by atoms with Gasteiger partial charge < -0.3 is 4.74 Å². The number of hydrogen-bond donors (Lipinski definition) is 0. The molecule has 1 fully saturated rings. The van der Waals surface area contributed by atoms with E-state index in [1.165, 1.54) is 16.4 Å². The summed E-state index contributed by atoms with van der Waals surface area (Å²) in [4.78, 5) is 29.1. The molecule has 7 nitrogen and oxygen atoms in total. The Kier molecular flexibility index (Phi) is 1.73. The molecule has 0 radical (unpaired) electrons. The van der Waals surface area contributed by atoms with Crippen molar-refractivity contribution in [3.63, 3.8) is 0 Å². The molecular weight excluding hydrogens is 248 g/mol. The van der Waals surface area contributed by atoms with Crippen molar-refractivity contribution in [2.75, 3.05) is 0 Å². The first-order valence-electron chi connectivity index (χ1n) is 6.46. The molecule has 0 aliphatic carbocycles. The molecule has 5 heterocycles. The van der Waals surface area contributed by atoms with Crippen molar-refractivity contribution in [1.29, 1.82) is 0 Å². The van der Waals surface area contributed by atoms with Crippen LogP contribution in [0.1, 0.15) is 33.0 Å². The second-order valence-corrected chi connectivity index (χ2v) is 6.50. The van der Waals surface area contributed by atoms with Crippen molar-refractivity contribution in [3.05, 3.63) is 21.0 Å². The highest BCUT2D eigenvalue weighted by Crippen LogP contribution is 2.50. The smallest absolute Gasteiger partial charge is 0.349 e. The first-order valence-corrected chi connectivity index (χ1v) is 6.46. The molecule has 5 rings (SSSR count). The summed E-state index contributed by atoms with van der Waals surface area (Å²) in [7, 11) is 1.51. The van der Waals surface area contributed by atoms with E-state index >= 15 is 0 Å². The summed E-state index contributed by atoms with van der Waals surface area (Å²) >= 11 is 0. The van der Waals surface area contributed by atoms with Crippen molar-refractivity contribution in [2.45, 2.75) is 45.2 Å². The Balaban J connectivity index is 2.03. The first kappa shape index (κ1) is 11.2. The van der Waals surface area contributed by atoms with E-state index in [4.69, 9.17) is 4.74 Å². The van der Waals surface area contributed by atoms with Gasteiger partial charge in [-0.15, -0.1) is 0 Å². The van der Waals surface area contributed by atoms with Gasteiger partial charge in [0.1, 0.15) is 18.2 Å².